The highest BCUT2D eigenvalue weighted by molar-refractivity contribution is 6.00. The fourth-order valence-electron chi connectivity index (χ4n) is 2.17. The van der Waals surface area contributed by atoms with Gasteiger partial charge in [-0.1, -0.05) is 12.1 Å². The summed E-state index contributed by atoms with van der Waals surface area (Å²) < 4.78 is 5.32. The van der Waals surface area contributed by atoms with E-state index < -0.39 is 0 Å². The minimum absolute atomic E-state index is 0.0967. The molecule has 1 aromatic carbocycles. The zero-order chi connectivity index (χ0) is 13.2. The summed E-state index contributed by atoms with van der Waals surface area (Å²) in [4.78, 5) is 12.3. The molecule has 18 heavy (non-hydrogen) atoms. The third kappa shape index (κ3) is 2.64. The summed E-state index contributed by atoms with van der Waals surface area (Å²) in [6.07, 6.45) is 1.68. The van der Waals surface area contributed by atoms with Gasteiger partial charge < -0.3 is 15.8 Å². The van der Waals surface area contributed by atoms with Crippen LogP contribution in [0, 0.1) is 6.92 Å². The molecule has 4 heteroatoms. The minimum atomic E-state index is -0.189. The van der Waals surface area contributed by atoms with Crippen LogP contribution in [-0.4, -0.2) is 24.7 Å². The number of nitrogens with two attached hydrogens (primary N) is 1. The molecule has 0 spiro atoms. The monoisotopic (exact) mass is 248 g/mol. The Kier molecular flexibility index (Phi) is 3.57. The van der Waals surface area contributed by atoms with Crippen molar-refractivity contribution in [2.24, 2.45) is 0 Å². The third-order valence-corrected chi connectivity index (χ3v) is 3.58. The van der Waals surface area contributed by atoms with Gasteiger partial charge in [-0.05, 0) is 38.3 Å². The summed E-state index contributed by atoms with van der Waals surface area (Å²) in [5.74, 6) is -0.0967. The van der Waals surface area contributed by atoms with E-state index in [1.165, 1.54) is 0 Å². The first-order valence-electron chi connectivity index (χ1n) is 6.27. The predicted octanol–water partition coefficient (Wildman–Crippen LogP) is 1.88. The van der Waals surface area contributed by atoms with E-state index in [1.807, 2.05) is 19.1 Å². The lowest BCUT2D eigenvalue weighted by atomic mass is 9.92. The van der Waals surface area contributed by atoms with Gasteiger partial charge in [-0.15, -0.1) is 0 Å². The highest BCUT2D eigenvalue weighted by Gasteiger charge is 2.29. The first-order valence-corrected chi connectivity index (χ1v) is 6.27. The first kappa shape index (κ1) is 12.9. The quantitative estimate of drug-likeness (QED) is 0.785. The summed E-state index contributed by atoms with van der Waals surface area (Å²) in [5, 5.41) is 3.08. The highest BCUT2D eigenvalue weighted by Crippen LogP contribution is 2.22. The van der Waals surface area contributed by atoms with Crippen molar-refractivity contribution < 1.29 is 9.53 Å². The molecule has 1 heterocycles. The van der Waals surface area contributed by atoms with Crippen LogP contribution in [0.15, 0.2) is 18.2 Å². The fraction of sp³-hybridized carbons (Fsp3) is 0.500. The van der Waals surface area contributed by atoms with Crippen molar-refractivity contribution in [1.82, 2.24) is 5.32 Å². The molecule has 0 saturated carbocycles. The first-order chi connectivity index (χ1) is 8.52. The van der Waals surface area contributed by atoms with Crippen molar-refractivity contribution in [3.05, 3.63) is 29.3 Å². The molecule has 1 amide bonds. The van der Waals surface area contributed by atoms with Gasteiger partial charge in [-0.2, -0.15) is 0 Å². The van der Waals surface area contributed by atoms with E-state index in [-0.39, 0.29) is 11.4 Å². The molecule has 1 aliphatic rings. The second kappa shape index (κ2) is 4.98. The molecular weight excluding hydrogens is 228 g/mol. The van der Waals surface area contributed by atoms with E-state index in [2.05, 4.69) is 12.2 Å². The summed E-state index contributed by atoms with van der Waals surface area (Å²) in [7, 11) is 0. The minimum Gasteiger partial charge on any atom is -0.398 e. The van der Waals surface area contributed by atoms with Crippen LogP contribution in [0.25, 0.3) is 0 Å². The normalized spacial score (nSPS) is 18.3. The molecule has 1 aromatic rings. The SMILES string of the molecule is Cc1cccc(C(=O)NC2(C)CCOCC2)c1N. The molecule has 0 radical (unpaired) electrons. The maximum Gasteiger partial charge on any atom is 0.253 e. The van der Waals surface area contributed by atoms with Crippen molar-refractivity contribution >= 4 is 11.6 Å². The van der Waals surface area contributed by atoms with Gasteiger partial charge in [0.1, 0.15) is 0 Å². The standard InChI is InChI=1S/C14H20N2O2/c1-10-4-3-5-11(12(10)15)13(17)16-14(2)6-8-18-9-7-14/h3-5H,6-9,15H2,1-2H3,(H,16,17). The fourth-order valence-corrected chi connectivity index (χ4v) is 2.17. The number of para-hydroxylation sites is 1. The Morgan fingerprint density at radius 1 is 1.39 bits per heavy atom. The number of carbonyl (C=O) groups excluding carboxylic acids is 1. The number of amides is 1. The number of benzene rings is 1. The number of hydrogen-bond donors (Lipinski definition) is 2. The number of ether oxygens (including phenoxy) is 1. The molecule has 1 aliphatic heterocycles. The van der Waals surface area contributed by atoms with Gasteiger partial charge in [0.2, 0.25) is 0 Å². The topological polar surface area (TPSA) is 64.3 Å². The number of carbonyl (C=O) groups is 1. The summed E-state index contributed by atoms with van der Waals surface area (Å²) in [5.41, 5.74) is 7.81. The Morgan fingerprint density at radius 2 is 2.06 bits per heavy atom. The molecule has 1 fully saturated rings. The number of nitrogen functional groups attached to an aromatic ring is 1. The van der Waals surface area contributed by atoms with Crippen molar-refractivity contribution in [1.29, 1.82) is 0 Å². The lowest BCUT2D eigenvalue weighted by Gasteiger charge is -2.34. The van der Waals surface area contributed by atoms with Crippen LogP contribution in [0.3, 0.4) is 0 Å². The average Bonchev–Trinajstić information content (AvgIpc) is 2.33. The van der Waals surface area contributed by atoms with Gasteiger partial charge in [0.05, 0.1) is 5.56 Å². The van der Waals surface area contributed by atoms with E-state index in [1.54, 1.807) is 6.07 Å². The van der Waals surface area contributed by atoms with E-state index in [9.17, 15) is 4.79 Å². The van der Waals surface area contributed by atoms with Crippen LogP contribution >= 0.6 is 0 Å². The van der Waals surface area contributed by atoms with E-state index in [4.69, 9.17) is 10.5 Å². The van der Waals surface area contributed by atoms with Crippen molar-refractivity contribution in [2.75, 3.05) is 18.9 Å². The van der Waals surface area contributed by atoms with Gasteiger partial charge >= 0.3 is 0 Å². The summed E-state index contributed by atoms with van der Waals surface area (Å²) >= 11 is 0. The van der Waals surface area contributed by atoms with Gasteiger partial charge in [-0.25, -0.2) is 0 Å². The molecule has 1 saturated heterocycles. The Bertz CT molecular complexity index is 451. The smallest absolute Gasteiger partial charge is 0.253 e. The summed E-state index contributed by atoms with van der Waals surface area (Å²) in [6.45, 7) is 5.35. The van der Waals surface area contributed by atoms with E-state index >= 15 is 0 Å². The average molecular weight is 248 g/mol. The lowest BCUT2D eigenvalue weighted by molar-refractivity contribution is 0.0423. The Labute approximate surface area is 108 Å². The molecule has 0 unspecified atom stereocenters. The number of aryl methyl sites for hydroxylation is 1. The van der Waals surface area contributed by atoms with Crippen LogP contribution in [0.1, 0.15) is 35.7 Å². The molecule has 0 bridgehead atoms. The van der Waals surface area contributed by atoms with Gasteiger partial charge in [-0.3, -0.25) is 4.79 Å². The van der Waals surface area contributed by atoms with Crippen molar-refractivity contribution in [2.45, 2.75) is 32.2 Å². The van der Waals surface area contributed by atoms with Crippen LogP contribution in [0.2, 0.25) is 0 Å². The predicted molar refractivity (Wildman–Crippen MR) is 71.5 cm³/mol. The van der Waals surface area contributed by atoms with Gasteiger partial charge in [0, 0.05) is 24.4 Å². The maximum absolute atomic E-state index is 12.3. The second-order valence-corrected chi connectivity index (χ2v) is 5.16. The Morgan fingerprint density at radius 3 is 2.72 bits per heavy atom. The third-order valence-electron chi connectivity index (χ3n) is 3.58. The zero-order valence-corrected chi connectivity index (χ0v) is 11.0. The van der Waals surface area contributed by atoms with E-state index in [0.29, 0.717) is 24.5 Å². The molecular formula is C14H20N2O2. The van der Waals surface area contributed by atoms with Crippen molar-refractivity contribution in [3.63, 3.8) is 0 Å². The molecule has 2 rings (SSSR count). The van der Waals surface area contributed by atoms with Crippen LogP contribution in [0.5, 0.6) is 0 Å². The molecule has 4 nitrogen and oxygen atoms in total. The largest absolute Gasteiger partial charge is 0.398 e. The zero-order valence-electron chi connectivity index (χ0n) is 11.0. The molecule has 3 N–H and O–H groups in total. The maximum atomic E-state index is 12.3. The highest BCUT2D eigenvalue weighted by atomic mass is 16.5. The van der Waals surface area contributed by atoms with Crippen LogP contribution in [-0.2, 0) is 4.74 Å². The number of nitrogens with one attached hydrogen (secondary N) is 1. The summed E-state index contributed by atoms with van der Waals surface area (Å²) in [6, 6.07) is 5.52. The van der Waals surface area contributed by atoms with Gasteiger partial charge in [0.25, 0.3) is 5.91 Å². The molecule has 0 aromatic heterocycles. The van der Waals surface area contributed by atoms with E-state index in [0.717, 1.165) is 18.4 Å². The van der Waals surface area contributed by atoms with Crippen LogP contribution < -0.4 is 11.1 Å². The van der Waals surface area contributed by atoms with Crippen molar-refractivity contribution in [3.8, 4) is 0 Å². The lowest BCUT2D eigenvalue weighted by Crippen LogP contribution is -2.49. The Balaban J connectivity index is 2.14. The number of hydrogen-bond acceptors (Lipinski definition) is 3. The second-order valence-electron chi connectivity index (χ2n) is 5.16. The molecule has 0 atom stereocenters. The Hall–Kier alpha value is -1.55. The molecule has 0 aliphatic carbocycles. The number of anilines is 1. The number of rotatable bonds is 2. The molecule has 98 valence electrons. The van der Waals surface area contributed by atoms with Crippen LogP contribution in [0.4, 0.5) is 5.69 Å². The van der Waals surface area contributed by atoms with Gasteiger partial charge in [0.15, 0.2) is 0 Å².